The van der Waals surface area contributed by atoms with Crippen LogP contribution in [0.15, 0.2) is 42.6 Å². The lowest BCUT2D eigenvalue weighted by molar-refractivity contribution is -0.131. The van der Waals surface area contributed by atoms with E-state index in [0.29, 0.717) is 13.1 Å². The number of nitrogens with zero attached hydrogens (tertiary/aromatic N) is 2. The number of rotatable bonds is 7. The molecular formula is C18H22Cl2N2O. The predicted molar refractivity (Wildman–Crippen MR) is 96.0 cm³/mol. The molecule has 23 heavy (non-hydrogen) atoms. The Morgan fingerprint density at radius 1 is 1.30 bits per heavy atom. The van der Waals surface area contributed by atoms with E-state index in [1.165, 1.54) is 0 Å². The van der Waals surface area contributed by atoms with Crippen LogP contribution in [0.5, 0.6) is 0 Å². The lowest BCUT2D eigenvalue weighted by Gasteiger charge is -2.24. The first-order valence-corrected chi connectivity index (χ1v) is 8.64. The molecule has 0 fully saturated rings. The minimum Gasteiger partial charge on any atom is -0.345 e. The van der Waals surface area contributed by atoms with Gasteiger partial charge in [-0.2, -0.15) is 0 Å². The molecule has 0 saturated heterocycles. The fourth-order valence-electron chi connectivity index (χ4n) is 2.56. The topological polar surface area (TPSA) is 25.2 Å². The lowest BCUT2D eigenvalue weighted by Crippen LogP contribution is -2.36. The molecule has 1 heterocycles. The molecule has 1 aromatic carbocycles. The van der Waals surface area contributed by atoms with Crippen LogP contribution in [0.25, 0.3) is 0 Å². The molecule has 1 amide bonds. The van der Waals surface area contributed by atoms with E-state index in [9.17, 15) is 4.79 Å². The van der Waals surface area contributed by atoms with E-state index in [4.69, 9.17) is 23.2 Å². The average Bonchev–Trinajstić information content (AvgIpc) is 2.93. The van der Waals surface area contributed by atoms with E-state index in [0.717, 1.165) is 29.2 Å². The van der Waals surface area contributed by atoms with Gasteiger partial charge in [-0.15, -0.1) is 11.6 Å². The summed E-state index contributed by atoms with van der Waals surface area (Å²) < 4.78 is 2.14. The lowest BCUT2D eigenvalue weighted by atomic mass is 10.2. The summed E-state index contributed by atoms with van der Waals surface area (Å²) in [6.45, 7) is 5.78. The first-order valence-electron chi connectivity index (χ1n) is 7.82. The van der Waals surface area contributed by atoms with Crippen molar-refractivity contribution in [2.24, 2.45) is 0 Å². The molecule has 0 aliphatic heterocycles. The predicted octanol–water partition coefficient (Wildman–Crippen LogP) is 4.56. The molecule has 3 nitrogen and oxygen atoms in total. The zero-order chi connectivity index (χ0) is 16.8. The quantitative estimate of drug-likeness (QED) is 0.670. The van der Waals surface area contributed by atoms with Crippen molar-refractivity contribution in [2.75, 3.05) is 6.54 Å². The molecule has 0 radical (unpaired) electrons. The normalized spacial score (nSPS) is 12.2. The Morgan fingerprint density at radius 2 is 2.09 bits per heavy atom. The van der Waals surface area contributed by atoms with Crippen LogP contribution in [-0.4, -0.2) is 27.3 Å². The molecule has 2 rings (SSSR count). The van der Waals surface area contributed by atoms with Crippen molar-refractivity contribution < 1.29 is 4.79 Å². The van der Waals surface area contributed by atoms with Crippen LogP contribution in [0, 0.1) is 0 Å². The van der Waals surface area contributed by atoms with Crippen LogP contribution in [-0.2, 0) is 17.9 Å². The van der Waals surface area contributed by atoms with Gasteiger partial charge in [-0.25, -0.2) is 0 Å². The Hall–Kier alpha value is -1.45. The van der Waals surface area contributed by atoms with Crippen molar-refractivity contribution in [3.8, 4) is 0 Å². The second kappa shape index (κ2) is 8.42. The van der Waals surface area contributed by atoms with Gasteiger partial charge >= 0.3 is 0 Å². The van der Waals surface area contributed by atoms with Crippen LogP contribution in [0.3, 0.4) is 0 Å². The maximum atomic E-state index is 12.2. The van der Waals surface area contributed by atoms with Gasteiger partial charge in [-0.1, -0.05) is 30.7 Å². The Bertz CT molecular complexity index is 652. The highest BCUT2D eigenvalue weighted by atomic mass is 35.5. The van der Waals surface area contributed by atoms with Gasteiger partial charge in [0.2, 0.25) is 5.91 Å². The van der Waals surface area contributed by atoms with Crippen molar-refractivity contribution in [1.82, 2.24) is 9.47 Å². The second-order valence-electron chi connectivity index (χ2n) is 5.63. The number of hydrogen-bond acceptors (Lipinski definition) is 1. The molecule has 0 aliphatic carbocycles. The number of hydrogen-bond donors (Lipinski definition) is 0. The van der Waals surface area contributed by atoms with Crippen molar-refractivity contribution in [1.29, 1.82) is 0 Å². The summed E-state index contributed by atoms with van der Waals surface area (Å²) in [5.41, 5.74) is 2.22. The van der Waals surface area contributed by atoms with Crippen LogP contribution in [0.1, 0.15) is 31.5 Å². The van der Waals surface area contributed by atoms with Gasteiger partial charge in [0.15, 0.2) is 0 Å². The smallest absolute Gasteiger partial charge is 0.240 e. The largest absolute Gasteiger partial charge is 0.345 e. The Balaban J connectivity index is 2.14. The SMILES string of the molecule is CCCN(Cc1cccn1Cc1cccc(Cl)c1)C(=O)[C@@H](C)Cl. The van der Waals surface area contributed by atoms with Gasteiger partial charge in [0.25, 0.3) is 0 Å². The molecular weight excluding hydrogens is 331 g/mol. The third-order valence-electron chi connectivity index (χ3n) is 3.66. The molecule has 1 aromatic heterocycles. The van der Waals surface area contributed by atoms with Gasteiger partial charge in [0, 0.05) is 30.0 Å². The molecule has 1 atom stereocenters. The Labute approximate surface area is 147 Å². The number of halogens is 2. The van der Waals surface area contributed by atoms with E-state index < -0.39 is 5.38 Å². The highest BCUT2D eigenvalue weighted by Crippen LogP contribution is 2.15. The summed E-state index contributed by atoms with van der Waals surface area (Å²) >= 11 is 12.0. The number of alkyl halides is 1. The minimum absolute atomic E-state index is 0.0241. The highest BCUT2D eigenvalue weighted by molar-refractivity contribution is 6.30. The zero-order valence-corrected chi connectivity index (χ0v) is 15.0. The number of benzene rings is 1. The molecule has 0 spiro atoms. The molecule has 5 heteroatoms. The van der Waals surface area contributed by atoms with Gasteiger partial charge in [0.05, 0.1) is 6.54 Å². The van der Waals surface area contributed by atoms with Crippen LogP contribution in [0.2, 0.25) is 5.02 Å². The molecule has 0 N–H and O–H groups in total. The van der Waals surface area contributed by atoms with Crippen molar-refractivity contribution in [2.45, 2.75) is 38.7 Å². The first kappa shape index (κ1) is 17.9. The third kappa shape index (κ3) is 5.02. The molecule has 2 aromatic rings. The van der Waals surface area contributed by atoms with E-state index >= 15 is 0 Å². The molecule has 0 aliphatic rings. The number of carbonyl (C=O) groups excluding carboxylic acids is 1. The molecule has 0 bridgehead atoms. The summed E-state index contributed by atoms with van der Waals surface area (Å²) in [6.07, 6.45) is 2.93. The fraction of sp³-hybridized carbons (Fsp3) is 0.389. The number of amides is 1. The Kier molecular flexibility index (Phi) is 6.55. The van der Waals surface area contributed by atoms with Gasteiger partial charge in [-0.3, -0.25) is 4.79 Å². The average molecular weight is 353 g/mol. The molecule has 0 unspecified atom stereocenters. The van der Waals surface area contributed by atoms with Crippen molar-refractivity contribution in [3.05, 3.63) is 58.9 Å². The van der Waals surface area contributed by atoms with Gasteiger partial charge in [-0.05, 0) is 43.2 Å². The summed E-state index contributed by atoms with van der Waals surface area (Å²) in [6, 6.07) is 11.9. The fourth-order valence-corrected chi connectivity index (χ4v) is 2.91. The number of aromatic nitrogens is 1. The summed E-state index contributed by atoms with van der Waals surface area (Å²) in [7, 11) is 0. The summed E-state index contributed by atoms with van der Waals surface area (Å²) in [5.74, 6) is -0.0241. The van der Waals surface area contributed by atoms with E-state index in [1.807, 2.05) is 47.5 Å². The van der Waals surface area contributed by atoms with Crippen molar-refractivity contribution in [3.63, 3.8) is 0 Å². The third-order valence-corrected chi connectivity index (χ3v) is 4.09. The standard InChI is InChI=1S/C18H22Cl2N2O/c1-3-9-22(18(23)14(2)19)13-17-8-5-10-21(17)12-15-6-4-7-16(20)11-15/h4-8,10-11,14H,3,9,12-13H2,1-2H3/t14-/m1/s1. The maximum Gasteiger partial charge on any atom is 0.240 e. The number of carbonyl (C=O) groups is 1. The summed E-state index contributed by atoms with van der Waals surface area (Å²) in [5, 5.41) is 0.229. The monoisotopic (exact) mass is 352 g/mol. The van der Waals surface area contributed by atoms with Gasteiger partial charge in [0.1, 0.15) is 5.38 Å². The highest BCUT2D eigenvalue weighted by Gasteiger charge is 2.19. The molecule has 124 valence electrons. The maximum absolute atomic E-state index is 12.2. The zero-order valence-electron chi connectivity index (χ0n) is 13.5. The van der Waals surface area contributed by atoms with E-state index in [-0.39, 0.29) is 5.91 Å². The van der Waals surface area contributed by atoms with E-state index in [2.05, 4.69) is 11.5 Å². The van der Waals surface area contributed by atoms with Crippen LogP contribution >= 0.6 is 23.2 Å². The van der Waals surface area contributed by atoms with E-state index in [1.54, 1.807) is 6.92 Å². The first-order chi connectivity index (χ1) is 11.0. The van der Waals surface area contributed by atoms with Crippen LogP contribution in [0.4, 0.5) is 0 Å². The minimum atomic E-state index is -0.502. The molecule has 0 saturated carbocycles. The van der Waals surface area contributed by atoms with Gasteiger partial charge < -0.3 is 9.47 Å². The van der Waals surface area contributed by atoms with Crippen molar-refractivity contribution >= 4 is 29.1 Å². The summed E-state index contributed by atoms with van der Waals surface area (Å²) in [4.78, 5) is 14.1. The second-order valence-corrected chi connectivity index (χ2v) is 6.72. The Morgan fingerprint density at radius 3 is 2.74 bits per heavy atom. The van der Waals surface area contributed by atoms with Crippen LogP contribution < -0.4 is 0 Å².